The minimum absolute atomic E-state index is 0. The fourth-order valence-corrected chi connectivity index (χ4v) is 5.23. The van der Waals surface area contributed by atoms with E-state index < -0.39 is 23.8 Å². The molecule has 232 valence electrons. The quantitative estimate of drug-likeness (QED) is 0.162. The van der Waals surface area contributed by atoms with Crippen molar-refractivity contribution in [2.75, 3.05) is 20.1 Å². The van der Waals surface area contributed by atoms with Gasteiger partial charge in [-0.3, -0.25) is 4.79 Å². The second kappa shape index (κ2) is 18.8. The maximum Gasteiger partial charge on any atom is 0.251 e. The Morgan fingerprint density at radius 3 is 2.31 bits per heavy atom. The fraction of sp³-hybridized carbons (Fsp3) is 0.406. The molecule has 3 aromatic rings. The number of amides is 1. The summed E-state index contributed by atoms with van der Waals surface area (Å²) in [5.74, 6) is -1.12. The maximum absolute atomic E-state index is 13.9. The van der Waals surface area contributed by atoms with Gasteiger partial charge >= 0.3 is 0 Å². The number of nitrogens with one attached hydrogen (secondary N) is 2. The number of carbonyl (C=O) groups excluding carboxylic acids is 1. The summed E-state index contributed by atoms with van der Waals surface area (Å²) < 4.78 is 28.9. The first-order valence-electron chi connectivity index (χ1n) is 13.7. The predicted molar refractivity (Wildman–Crippen MR) is 180 cm³/mol. The van der Waals surface area contributed by atoms with Crippen molar-refractivity contribution in [3.8, 4) is 0 Å². The molecule has 42 heavy (non-hydrogen) atoms. The highest BCUT2D eigenvalue weighted by Gasteiger charge is 2.23. The molecule has 10 heteroatoms. The summed E-state index contributed by atoms with van der Waals surface area (Å²) in [6.07, 6.45) is 0.167. The van der Waals surface area contributed by atoms with Crippen LogP contribution in [0.4, 0.5) is 8.78 Å². The van der Waals surface area contributed by atoms with E-state index in [0.717, 1.165) is 39.3 Å². The van der Waals surface area contributed by atoms with E-state index in [1.807, 2.05) is 43.3 Å². The Morgan fingerprint density at radius 1 is 0.976 bits per heavy atom. The van der Waals surface area contributed by atoms with Crippen LogP contribution in [0, 0.1) is 28.0 Å². The molecule has 0 aliphatic heterocycles. The highest BCUT2D eigenvalue weighted by molar-refractivity contribution is 14.1. The normalized spacial score (nSPS) is 12.4. The summed E-state index contributed by atoms with van der Waals surface area (Å²) >= 11 is 2.25. The van der Waals surface area contributed by atoms with Gasteiger partial charge in [-0.05, 0) is 115 Å². The van der Waals surface area contributed by atoms with Crippen LogP contribution in [0.25, 0.3) is 0 Å². The number of aliphatic hydroxyl groups is 1. The monoisotopic (exact) mass is 735 g/mol. The van der Waals surface area contributed by atoms with Crippen molar-refractivity contribution in [2.24, 2.45) is 5.92 Å². The molecule has 0 saturated heterocycles. The Morgan fingerprint density at radius 2 is 1.67 bits per heavy atom. The number of halogens is 5. The fourth-order valence-electron chi connectivity index (χ4n) is 4.63. The summed E-state index contributed by atoms with van der Waals surface area (Å²) in [6, 6.07) is 16.3. The first-order chi connectivity index (χ1) is 19.0. The van der Waals surface area contributed by atoms with Gasteiger partial charge in [0.2, 0.25) is 0 Å². The van der Waals surface area contributed by atoms with E-state index >= 15 is 0 Å². The van der Waals surface area contributed by atoms with Gasteiger partial charge in [0.25, 0.3) is 5.91 Å². The lowest BCUT2D eigenvalue weighted by Crippen LogP contribution is -2.48. The largest absolute Gasteiger partial charge is 0.390 e. The number of benzene rings is 3. The predicted octanol–water partition coefficient (Wildman–Crippen LogP) is 6.69. The number of hydrogen-bond donors (Lipinski definition) is 3. The van der Waals surface area contributed by atoms with Crippen molar-refractivity contribution in [3.63, 3.8) is 0 Å². The summed E-state index contributed by atoms with van der Waals surface area (Å²) in [5, 5.41) is 17.3. The van der Waals surface area contributed by atoms with Crippen molar-refractivity contribution in [1.82, 2.24) is 15.5 Å². The van der Waals surface area contributed by atoms with Gasteiger partial charge in [0.1, 0.15) is 11.6 Å². The molecule has 2 atom stereocenters. The molecule has 3 rings (SSSR count). The molecule has 5 nitrogen and oxygen atoms in total. The zero-order chi connectivity index (χ0) is 29.2. The first-order valence-corrected chi connectivity index (χ1v) is 14.7. The van der Waals surface area contributed by atoms with Crippen LogP contribution in [-0.4, -0.2) is 48.2 Å². The SMILES string of the molecule is Cc1cc(CN(C)CCC(C)C)cc(C(=O)N[C@@H](Cc2cc(F)cc(F)c2)[C@@H](O)CNCc2cccc(I)c2)c1.Cl.Cl. The Labute approximate surface area is 274 Å². The van der Waals surface area contributed by atoms with Gasteiger partial charge in [-0.25, -0.2) is 8.78 Å². The van der Waals surface area contributed by atoms with Gasteiger partial charge < -0.3 is 20.6 Å². The highest BCUT2D eigenvalue weighted by Crippen LogP contribution is 2.16. The van der Waals surface area contributed by atoms with Crippen LogP contribution in [0.3, 0.4) is 0 Å². The van der Waals surface area contributed by atoms with Gasteiger partial charge in [-0.2, -0.15) is 0 Å². The maximum atomic E-state index is 13.9. The Hall–Kier alpha value is -1.82. The highest BCUT2D eigenvalue weighted by atomic mass is 127. The van der Waals surface area contributed by atoms with Crippen molar-refractivity contribution >= 4 is 53.3 Å². The number of nitrogens with zero attached hydrogens (tertiary/aromatic N) is 1. The zero-order valence-corrected chi connectivity index (χ0v) is 28.3. The minimum atomic E-state index is -0.996. The molecular formula is C32H42Cl2F2IN3O2. The third kappa shape index (κ3) is 13.2. The average Bonchev–Trinajstić information content (AvgIpc) is 2.86. The molecule has 0 aliphatic rings. The molecule has 0 aromatic heterocycles. The molecule has 0 aliphatic carbocycles. The molecule has 0 heterocycles. The van der Waals surface area contributed by atoms with Crippen LogP contribution < -0.4 is 10.6 Å². The number of aryl methyl sites for hydroxylation is 1. The number of carbonyl (C=O) groups is 1. The third-order valence-electron chi connectivity index (χ3n) is 6.67. The van der Waals surface area contributed by atoms with Crippen LogP contribution >= 0.6 is 47.4 Å². The van der Waals surface area contributed by atoms with Gasteiger partial charge in [-0.15, -0.1) is 24.8 Å². The van der Waals surface area contributed by atoms with E-state index in [1.165, 1.54) is 12.1 Å². The van der Waals surface area contributed by atoms with E-state index in [4.69, 9.17) is 0 Å². The van der Waals surface area contributed by atoms with E-state index in [0.29, 0.717) is 30.1 Å². The molecule has 3 aromatic carbocycles. The Bertz CT molecular complexity index is 1260. The molecule has 0 saturated carbocycles. The van der Waals surface area contributed by atoms with E-state index in [2.05, 4.69) is 65.1 Å². The number of rotatable bonds is 14. The average molecular weight is 737 g/mol. The van der Waals surface area contributed by atoms with Crippen LogP contribution in [0.5, 0.6) is 0 Å². The van der Waals surface area contributed by atoms with Crippen LogP contribution in [0.15, 0.2) is 60.7 Å². The van der Waals surface area contributed by atoms with Crippen molar-refractivity contribution in [3.05, 3.63) is 104 Å². The van der Waals surface area contributed by atoms with Gasteiger partial charge in [0.15, 0.2) is 0 Å². The van der Waals surface area contributed by atoms with Crippen molar-refractivity contribution in [1.29, 1.82) is 0 Å². The summed E-state index contributed by atoms with van der Waals surface area (Å²) in [5.41, 5.74) is 3.90. The molecule has 0 fully saturated rings. The lowest BCUT2D eigenvalue weighted by atomic mass is 9.99. The molecule has 1 amide bonds. The topological polar surface area (TPSA) is 64.6 Å². The Balaban J connectivity index is 0.00000441. The second-order valence-corrected chi connectivity index (χ2v) is 12.3. The summed E-state index contributed by atoms with van der Waals surface area (Å²) in [4.78, 5) is 15.7. The molecule has 0 spiro atoms. The first kappa shape index (κ1) is 38.2. The van der Waals surface area contributed by atoms with Gasteiger partial charge in [0.05, 0.1) is 12.1 Å². The summed E-state index contributed by atoms with van der Waals surface area (Å²) in [6.45, 7) is 8.74. The van der Waals surface area contributed by atoms with E-state index in [1.54, 1.807) is 0 Å². The zero-order valence-electron chi connectivity index (χ0n) is 24.5. The number of hydrogen-bond acceptors (Lipinski definition) is 4. The molecule has 0 radical (unpaired) electrons. The summed E-state index contributed by atoms with van der Waals surface area (Å²) in [7, 11) is 2.07. The van der Waals surface area contributed by atoms with Gasteiger partial charge in [-0.1, -0.05) is 37.6 Å². The van der Waals surface area contributed by atoms with E-state index in [9.17, 15) is 18.7 Å². The van der Waals surface area contributed by atoms with Crippen molar-refractivity contribution in [2.45, 2.75) is 58.8 Å². The second-order valence-electron chi connectivity index (χ2n) is 11.0. The Kier molecular flexibility index (Phi) is 17.1. The van der Waals surface area contributed by atoms with Crippen molar-refractivity contribution < 1.29 is 18.7 Å². The lowest BCUT2D eigenvalue weighted by molar-refractivity contribution is 0.0829. The van der Waals surface area contributed by atoms with Crippen LogP contribution in [0.2, 0.25) is 0 Å². The van der Waals surface area contributed by atoms with Crippen LogP contribution in [0.1, 0.15) is 52.9 Å². The minimum Gasteiger partial charge on any atom is -0.390 e. The van der Waals surface area contributed by atoms with E-state index in [-0.39, 0.29) is 43.7 Å². The third-order valence-corrected chi connectivity index (χ3v) is 7.34. The molecule has 0 unspecified atom stereocenters. The molecule has 0 bridgehead atoms. The smallest absolute Gasteiger partial charge is 0.251 e. The standard InChI is InChI=1S/C32H40F2IN3O2.2ClH/c1-21(2)8-9-38(4)20-25-10-22(3)11-26(12-25)32(40)37-30(16-24-13-27(33)17-28(34)14-24)31(39)19-36-18-23-6-5-7-29(35)15-23;;/h5-7,10-15,17,21,30-31,36,39H,8-9,16,18-20H2,1-4H3,(H,37,40);2*1H/t30-,31-;;/m0../s1. The molecule has 3 N–H and O–H groups in total. The van der Waals surface area contributed by atoms with Crippen LogP contribution in [-0.2, 0) is 19.5 Å². The number of aliphatic hydroxyl groups excluding tert-OH is 1. The molecular weight excluding hydrogens is 694 g/mol. The van der Waals surface area contributed by atoms with Gasteiger partial charge in [0, 0.05) is 34.8 Å². The lowest BCUT2D eigenvalue weighted by Gasteiger charge is -2.25.